The normalized spacial score (nSPS) is 13.5. The molecule has 1 aromatic carbocycles. The summed E-state index contributed by atoms with van der Waals surface area (Å²) in [5, 5.41) is 26.8. The average Bonchev–Trinajstić information content (AvgIpc) is 2.51. The Kier molecular flexibility index (Phi) is 10.0. The first-order chi connectivity index (χ1) is 11.5. The quantitative estimate of drug-likeness (QED) is 0.355. The fourth-order valence-corrected chi connectivity index (χ4v) is 2.22. The molecule has 148 valence electrons. The highest BCUT2D eigenvalue weighted by Gasteiger charge is 2.34. The second-order valence-corrected chi connectivity index (χ2v) is 5.81. The van der Waals surface area contributed by atoms with Gasteiger partial charge in [0.2, 0.25) is 0 Å². The first-order valence-electron chi connectivity index (χ1n) is 7.73. The molecule has 0 aliphatic carbocycles. The van der Waals surface area contributed by atoms with E-state index in [1.54, 1.807) is 0 Å². The summed E-state index contributed by atoms with van der Waals surface area (Å²) in [4.78, 5) is 11.3. The fourth-order valence-electron chi connectivity index (χ4n) is 2.22. The second-order valence-electron chi connectivity index (χ2n) is 5.81. The summed E-state index contributed by atoms with van der Waals surface area (Å²) < 4.78 is 43.1. The van der Waals surface area contributed by atoms with Gasteiger partial charge < -0.3 is 25.6 Å². The van der Waals surface area contributed by atoms with E-state index in [0.29, 0.717) is 12.8 Å². The van der Waals surface area contributed by atoms with Crippen molar-refractivity contribution in [3.05, 3.63) is 29.8 Å². The molecule has 1 rings (SSSR count). The molecule has 0 fully saturated rings. The maximum atomic E-state index is 12.6. The fraction of sp³-hybridized carbons (Fsp3) is 0.533. The van der Waals surface area contributed by atoms with Crippen molar-refractivity contribution in [1.82, 2.24) is 0 Å². The largest absolute Gasteiger partial charge is 0.493 e. The van der Waals surface area contributed by atoms with E-state index in [4.69, 9.17) is 20.5 Å². The smallest absolute Gasteiger partial charge is 0.451 e. The molecule has 0 spiro atoms. The lowest BCUT2D eigenvalue weighted by molar-refractivity contribution is -0.144. The number of benzene rings is 1. The third kappa shape index (κ3) is 8.26. The third-order valence-corrected chi connectivity index (χ3v) is 3.74. The molecule has 0 heterocycles. The van der Waals surface area contributed by atoms with Crippen LogP contribution in [0.15, 0.2) is 24.3 Å². The number of alkyl halides is 3. The molecule has 26 heavy (non-hydrogen) atoms. The molecule has 5 N–H and O–H groups in total. The van der Waals surface area contributed by atoms with Crippen molar-refractivity contribution in [3.63, 3.8) is 0 Å². The number of carbonyl (C=O) groups is 1. The number of unbranched alkanes of at least 4 members (excludes halogenated alkanes) is 1. The molecule has 1 unspecified atom stereocenters. The Hall–Kier alpha value is -1.49. The number of aliphatic carboxylic acids is 1. The lowest BCUT2D eigenvalue weighted by Crippen LogP contribution is -2.49. The summed E-state index contributed by atoms with van der Waals surface area (Å²) in [6, 6.07) is 4.29. The van der Waals surface area contributed by atoms with Gasteiger partial charge in [-0.3, -0.25) is 4.79 Å². The first-order valence-corrected chi connectivity index (χ1v) is 7.73. The minimum Gasteiger partial charge on any atom is -0.493 e. The predicted octanol–water partition coefficient (Wildman–Crippen LogP) is 2.32. The van der Waals surface area contributed by atoms with Crippen LogP contribution in [0, 0.1) is 0 Å². The van der Waals surface area contributed by atoms with E-state index in [1.807, 2.05) is 0 Å². The summed E-state index contributed by atoms with van der Waals surface area (Å²) in [5.74, 6) is -1.27. The van der Waals surface area contributed by atoms with Crippen LogP contribution in [0.5, 0.6) is 5.75 Å². The van der Waals surface area contributed by atoms with Crippen molar-refractivity contribution in [3.8, 4) is 5.75 Å². The van der Waals surface area contributed by atoms with Gasteiger partial charge in [-0.2, -0.15) is 13.2 Å². The van der Waals surface area contributed by atoms with Gasteiger partial charge in [-0.25, -0.2) is 0 Å². The molecule has 0 amide bonds. The van der Waals surface area contributed by atoms with Gasteiger partial charge in [0.05, 0.1) is 12.2 Å². The molecule has 0 saturated carbocycles. The lowest BCUT2D eigenvalue weighted by Gasteiger charge is -2.24. The minimum absolute atomic E-state index is 0. The van der Waals surface area contributed by atoms with Gasteiger partial charge in [0.1, 0.15) is 11.3 Å². The molecular weight excluding hydrogens is 377 g/mol. The highest BCUT2D eigenvalue weighted by Crippen LogP contribution is 2.31. The summed E-state index contributed by atoms with van der Waals surface area (Å²) in [6.07, 6.45) is -3.64. The Morgan fingerprint density at radius 2 is 1.85 bits per heavy atom. The summed E-state index contributed by atoms with van der Waals surface area (Å²) in [7, 11) is -1.46. The molecule has 1 atom stereocenters. The van der Waals surface area contributed by atoms with Crippen molar-refractivity contribution in [2.24, 2.45) is 5.73 Å². The monoisotopic (exact) mass is 399 g/mol. The zero-order chi connectivity index (χ0) is 19.1. The van der Waals surface area contributed by atoms with E-state index in [2.05, 4.69) is 0 Å². The number of hydrogen-bond donors (Lipinski definition) is 4. The van der Waals surface area contributed by atoms with Crippen LogP contribution in [-0.4, -0.2) is 40.4 Å². The van der Waals surface area contributed by atoms with Crippen LogP contribution in [0.2, 0.25) is 6.32 Å². The summed E-state index contributed by atoms with van der Waals surface area (Å²) >= 11 is 0. The van der Waals surface area contributed by atoms with Crippen LogP contribution >= 0.6 is 12.4 Å². The SMILES string of the molecule is Cl.NC(CCCCB(O)O)(CCOc1cccc(C(F)(F)F)c1)C(=O)O. The van der Waals surface area contributed by atoms with E-state index < -0.39 is 30.4 Å². The van der Waals surface area contributed by atoms with Gasteiger partial charge in [-0.05, 0) is 30.9 Å². The number of ether oxygens (including phenoxy) is 1. The van der Waals surface area contributed by atoms with E-state index in [1.165, 1.54) is 12.1 Å². The van der Waals surface area contributed by atoms with Gasteiger partial charge in [-0.1, -0.05) is 18.9 Å². The summed E-state index contributed by atoms with van der Waals surface area (Å²) in [5.41, 5.74) is 3.38. The number of carboxylic acids is 1. The number of hydrogen-bond acceptors (Lipinski definition) is 5. The van der Waals surface area contributed by atoms with Crippen LogP contribution in [0.1, 0.15) is 31.2 Å². The zero-order valence-electron chi connectivity index (χ0n) is 13.9. The first kappa shape index (κ1) is 24.5. The Morgan fingerprint density at radius 1 is 1.19 bits per heavy atom. The molecule has 6 nitrogen and oxygen atoms in total. The van der Waals surface area contributed by atoms with Crippen LogP contribution < -0.4 is 10.5 Å². The zero-order valence-corrected chi connectivity index (χ0v) is 14.7. The molecule has 0 aromatic heterocycles. The molecule has 0 bridgehead atoms. The van der Waals surface area contributed by atoms with Gasteiger partial charge in [0, 0.05) is 6.42 Å². The molecule has 0 radical (unpaired) electrons. The Morgan fingerprint density at radius 3 is 2.38 bits per heavy atom. The van der Waals surface area contributed by atoms with E-state index in [9.17, 15) is 23.1 Å². The van der Waals surface area contributed by atoms with Crippen LogP contribution in [0.4, 0.5) is 13.2 Å². The Labute approximate surface area is 155 Å². The van der Waals surface area contributed by atoms with Crippen molar-refractivity contribution in [2.75, 3.05) is 6.61 Å². The van der Waals surface area contributed by atoms with E-state index in [0.717, 1.165) is 12.1 Å². The summed E-state index contributed by atoms with van der Waals surface area (Å²) in [6.45, 7) is -0.160. The van der Waals surface area contributed by atoms with Crippen molar-refractivity contribution in [2.45, 2.75) is 43.7 Å². The van der Waals surface area contributed by atoms with Crippen molar-refractivity contribution < 1.29 is 37.9 Å². The topological polar surface area (TPSA) is 113 Å². The number of halogens is 4. The average molecular weight is 400 g/mol. The third-order valence-electron chi connectivity index (χ3n) is 3.74. The van der Waals surface area contributed by atoms with Crippen LogP contribution in [0.25, 0.3) is 0 Å². The minimum atomic E-state index is -4.49. The lowest BCUT2D eigenvalue weighted by atomic mass is 9.81. The van der Waals surface area contributed by atoms with Crippen molar-refractivity contribution >= 4 is 25.5 Å². The maximum absolute atomic E-state index is 12.6. The standard InChI is InChI=1S/C15H21BF3NO5.ClH/c17-15(18,19)11-4-3-5-12(10-11)25-9-7-14(20,13(21)22)6-1-2-8-16(23)24;/h3-5,10,23-24H,1-2,6-9,20H2,(H,21,22);1H. The molecular formula is C15H22BClF3NO5. The number of nitrogens with two attached hydrogens (primary N) is 1. The number of carboxylic acid groups (broad SMARTS) is 1. The number of rotatable bonds is 10. The molecule has 11 heteroatoms. The second kappa shape index (κ2) is 10.6. The molecule has 0 saturated heterocycles. The van der Waals surface area contributed by atoms with Crippen LogP contribution in [-0.2, 0) is 11.0 Å². The van der Waals surface area contributed by atoms with E-state index in [-0.39, 0.29) is 43.9 Å². The molecule has 1 aromatic rings. The highest BCUT2D eigenvalue weighted by molar-refractivity contribution is 6.40. The maximum Gasteiger partial charge on any atom is 0.451 e. The van der Waals surface area contributed by atoms with Gasteiger partial charge in [0.15, 0.2) is 0 Å². The van der Waals surface area contributed by atoms with Crippen molar-refractivity contribution in [1.29, 1.82) is 0 Å². The highest BCUT2D eigenvalue weighted by atomic mass is 35.5. The Bertz CT molecular complexity index is 576. The Balaban J connectivity index is 0.00000625. The van der Waals surface area contributed by atoms with Gasteiger partial charge >= 0.3 is 19.3 Å². The molecule has 0 aliphatic heterocycles. The van der Waals surface area contributed by atoms with Gasteiger partial charge in [-0.15, -0.1) is 12.4 Å². The predicted molar refractivity (Wildman–Crippen MR) is 92.2 cm³/mol. The van der Waals surface area contributed by atoms with E-state index >= 15 is 0 Å². The van der Waals surface area contributed by atoms with Gasteiger partial charge in [0.25, 0.3) is 0 Å². The van der Waals surface area contributed by atoms with Crippen LogP contribution in [0.3, 0.4) is 0 Å². The molecule has 0 aliphatic rings.